The van der Waals surface area contributed by atoms with Gasteiger partial charge in [0.05, 0.1) is 5.51 Å². The van der Waals surface area contributed by atoms with Crippen LogP contribution in [0.1, 0.15) is 16.9 Å². The van der Waals surface area contributed by atoms with Gasteiger partial charge in [-0.3, -0.25) is 0 Å². The molecule has 0 spiro atoms. The summed E-state index contributed by atoms with van der Waals surface area (Å²) in [6.07, 6.45) is 0.264. The third-order valence-corrected chi connectivity index (χ3v) is 4.44. The van der Waals surface area contributed by atoms with E-state index in [4.69, 9.17) is 10.2 Å². The Morgan fingerprint density at radius 3 is 2.81 bits per heavy atom. The molecule has 1 heterocycles. The lowest BCUT2D eigenvalue weighted by Gasteiger charge is -2.03. The van der Waals surface area contributed by atoms with Crippen LogP contribution in [0.4, 0.5) is 0 Å². The SMILES string of the molecule is O=C(O)c1ncsc1S(=O)(=O)NCCCO. The summed E-state index contributed by atoms with van der Waals surface area (Å²) in [5.74, 6) is -1.39. The number of rotatable bonds is 6. The molecule has 0 amide bonds. The monoisotopic (exact) mass is 266 g/mol. The summed E-state index contributed by atoms with van der Waals surface area (Å²) in [5.41, 5.74) is 0.672. The topological polar surface area (TPSA) is 117 Å². The third kappa shape index (κ3) is 2.98. The highest BCUT2D eigenvalue weighted by atomic mass is 32.2. The zero-order chi connectivity index (χ0) is 12.2. The molecule has 16 heavy (non-hydrogen) atoms. The van der Waals surface area contributed by atoms with Crippen LogP contribution in [0.3, 0.4) is 0 Å². The quantitative estimate of drug-likeness (QED) is 0.598. The first kappa shape index (κ1) is 13.0. The molecule has 90 valence electrons. The smallest absolute Gasteiger partial charge is 0.356 e. The van der Waals surface area contributed by atoms with Crippen molar-refractivity contribution in [3.63, 3.8) is 0 Å². The molecule has 0 fully saturated rings. The predicted molar refractivity (Wildman–Crippen MR) is 56.0 cm³/mol. The minimum atomic E-state index is -3.85. The van der Waals surface area contributed by atoms with Crippen molar-refractivity contribution in [3.05, 3.63) is 11.2 Å². The molecule has 0 unspecified atom stereocenters. The standard InChI is InChI=1S/C7H10N2O5S2/c10-3-1-2-9-16(13,14)7-5(6(11)12)8-4-15-7/h4,9-10H,1-3H2,(H,11,12). The van der Waals surface area contributed by atoms with Crippen molar-refractivity contribution in [1.29, 1.82) is 0 Å². The number of carboxylic acid groups (broad SMARTS) is 1. The van der Waals surface area contributed by atoms with Gasteiger partial charge in [-0.05, 0) is 6.42 Å². The lowest BCUT2D eigenvalue weighted by atomic mass is 10.5. The van der Waals surface area contributed by atoms with Crippen LogP contribution < -0.4 is 4.72 Å². The van der Waals surface area contributed by atoms with Crippen LogP contribution in [0.2, 0.25) is 0 Å². The van der Waals surface area contributed by atoms with Crippen molar-refractivity contribution in [2.75, 3.05) is 13.2 Å². The van der Waals surface area contributed by atoms with E-state index in [1.165, 1.54) is 0 Å². The van der Waals surface area contributed by atoms with Gasteiger partial charge in [0.15, 0.2) is 9.90 Å². The van der Waals surface area contributed by atoms with Crippen LogP contribution in [0.25, 0.3) is 0 Å². The number of aromatic carboxylic acids is 1. The van der Waals surface area contributed by atoms with Crippen molar-refractivity contribution in [3.8, 4) is 0 Å². The molecule has 1 aromatic heterocycles. The zero-order valence-corrected chi connectivity index (χ0v) is 9.71. The molecule has 0 saturated heterocycles. The minimum absolute atomic E-state index is 0.0514. The number of nitrogens with zero attached hydrogens (tertiary/aromatic N) is 1. The van der Waals surface area contributed by atoms with Gasteiger partial charge in [0, 0.05) is 13.2 Å². The molecule has 0 aromatic carbocycles. The molecule has 1 rings (SSSR count). The second kappa shape index (κ2) is 5.34. The van der Waals surface area contributed by atoms with Crippen LogP contribution in [0.15, 0.2) is 9.72 Å². The summed E-state index contributed by atoms with van der Waals surface area (Å²) in [4.78, 5) is 14.1. The van der Waals surface area contributed by atoms with Gasteiger partial charge in [-0.25, -0.2) is 22.9 Å². The Morgan fingerprint density at radius 1 is 1.56 bits per heavy atom. The Kier molecular flexibility index (Phi) is 4.35. The van der Waals surface area contributed by atoms with E-state index in [1.54, 1.807) is 0 Å². The number of aromatic nitrogens is 1. The Morgan fingerprint density at radius 2 is 2.25 bits per heavy atom. The first-order chi connectivity index (χ1) is 7.49. The average Bonchev–Trinajstić information content (AvgIpc) is 2.66. The Labute approximate surface area is 95.8 Å². The fraction of sp³-hybridized carbons (Fsp3) is 0.429. The first-order valence-corrected chi connectivity index (χ1v) is 6.62. The lowest BCUT2D eigenvalue weighted by Crippen LogP contribution is -2.26. The number of hydrogen-bond acceptors (Lipinski definition) is 6. The number of thiazole rings is 1. The van der Waals surface area contributed by atoms with Gasteiger partial charge < -0.3 is 10.2 Å². The maximum absolute atomic E-state index is 11.6. The molecule has 0 aliphatic heterocycles. The zero-order valence-electron chi connectivity index (χ0n) is 8.08. The molecule has 0 atom stereocenters. The number of sulfonamides is 1. The van der Waals surface area contributed by atoms with E-state index < -0.39 is 21.7 Å². The fourth-order valence-corrected chi connectivity index (χ4v) is 3.18. The van der Waals surface area contributed by atoms with E-state index >= 15 is 0 Å². The lowest BCUT2D eigenvalue weighted by molar-refractivity contribution is 0.0687. The summed E-state index contributed by atoms with van der Waals surface area (Å²) < 4.78 is 25.1. The number of carbonyl (C=O) groups is 1. The molecular weight excluding hydrogens is 256 g/mol. The van der Waals surface area contributed by atoms with Gasteiger partial charge in [0.2, 0.25) is 0 Å². The number of hydrogen-bond donors (Lipinski definition) is 3. The first-order valence-electron chi connectivity index (χ1n) is 4.26. The fourth-order valence-electron chi connectivity index (χ4n) is 0.920. The van der Waals surface area contributed by atoms with Gasteiger partial charge in [0.25, 0.3) is 10.0 Å². The highest BCUT2D eigenvalue weighted by Crippen LogP contribution is 2.19. The maximum Gasteiger partial charge on any atom is 0.356 e. The van der Waals surface area contributed by atoms with E-state index in [9.17, 15) is 13.2 Å². The van der Waals surface area contributed by atoms with Crippen molar-refractivity contribution >= 4 is 27.3 Å². The van der Waals surface area contributed by atoms with Gasteiger partial charge in [-0.2, -0.15) is 0 Å². The summed E-state index contributed by atoms with van der Waals surface area (Å²) in [5, 5.41) is 17.2. The van der Waals surface area contributed by atoms with Gasteiger partial charge in [-0.1, -0.05) is 0 Å². The van der Waals surface area contributed by atoms with Crippen LogP contribution in [0, 0.1) is 0 Å². The summed E-state index contributed by atoms with van der Waals surface area (Å²) in [6.45, 7) is -0.0905. The Bertz CT molecular complexity index is 467. The molecule has 0 radical (unpaired) electrons. The molecule has 1 aromatic rings. The second-order valence-electron chi connectivity index (χ2n) is 2.77. The summed E-state index contributed by atoms with van der Waals surface area (Å²) >= 11 is 0.738. The van der Waals surface area contributed by atoms with Crippen molar-refractivity contribution < 1.29 is 23.4 Å². The van der Waals surface area contributed by atoms with Crippen LogP contribution in [0.5, 0.6) is 0 Å². The van der Waals surface area contributed by atoms with E-state index in [0.29, 0.717) is 0 Å². The number of aliphatic hydroxyl groups is 1. The van der Waals surface area contributed by atoms with Gasteiger partial charge in [0.1, 0.15) is 0 Å². The van der Waals surface area contributed by atoms with E-state index in [1.807, 2.05) is 0 Å². The highest BCUT2D eigenvalue weighted by molar-refractivity contribution is 7.91. The number of nitrogens with one attached hydrogen (secondary N) is 1. The van der Waals surface area contributed by atoms with E-state index in [2.05, 4.69) is 9.71 Å². The molecule has 3 N–H and O–H groups in total. The minimum Gasteiger partial charge on any atom is -0.476 e. The molecule has 0 aliphatic rings. The summed E-state index contributed by atoms with van der Waals surface area (Å²) in [7, 11) is -3.85. The largest absolute Gasteiger partial charge is 0.476 e. The Balaban J connectivity index is 2.90. The second-order valence-corrected chi connectivity index (χ2v) is 5.59. The van der Waals surface area contributed by atoms with Gasteiger partial charge >= 0.3 is 5.97 Å². The van der Waals surface area contributed by atoms with Gasteiger partial charge in [-0.15, -0.1) is 11.3 Å². The average molecular weight is 266 g/mol. The molecule has 7 nitrogen and oxygen atoms in total. The predicted octanol–water partition coefficient (Wildman–Crippen LogP) is -0.498. The Hall–Kier alpha value is -1.03. The van der Waals surface area contributed by atoms with Crippen molar-refractivity contribution in [2.45, 2.75) is 10.6 Å². The van der Waals surface area contributed by atoms with Crippen molar-refractivity contribution in [2.24, 2.45) is 0 Å². The van der Waals surface area contributed by atoms with E-state index in [0.717, 1.165) is 16.8 Å². The molecule has 0 bridgehead atoms. The van der Waals surface area contributed by atoms with E-state index in [-0.39, 0.29) is 23.8 Å². The molecule has 9 heteroatoms. The molecule has 0 aliphatic carbocycles. The molecule has 0 saturated carbocycles. The number of carboxylic acids is 1. The highest BCUT2D eigenvalue weighted by Gasteiger charge is 2.24. The van der Waals surface area contributed by atoms with Crippen molar-refractivity contribution in [1.82, 2.24) is 9.71 Å². The number of aliphatic hydroxyl groups excluding tert-OH is 1. The third-order valence-electron chi connectivity index (χ3n) is 1.61. The summed E-state index contributed by atoms with van der Waals surface area (Å²) in [6, 6.07) is 0. The maximum atomic E-state index is 11.6. The normalized spacial score (nSPS) is 11.6. The van der Waals surface area contributed by atoms with Crippen LogP contribution in [-0.4, -0.2) is 42.7 Å². The molecular formula is C7H10N2O5S2. The van der Waals surface area contributed by atoms with Crippen LogP contribution in [-0.2, 0) is 10.0 Å². The van der Waals surface area contributed by atoms with Crippen LogP contribution >= 0.6 is 11.3 Å².